The van der Waals surface area contributed by atoms with Crippen molar-refractivity contribution in [2.75, 3.05) is 0 Å². The Morgan fingerprint density at radius 2 is 1.21 bits per heavy atom. The Bertz CT molecular complexity index is 662. The highest BCUT2D eigenvalue weighted by Crippen LogP contribution is 2.34. The predicted molar refractivity (Wildman–Crippen MR) is 120 cm³/mol. The van der Waals surface area contributed by atoms with Crippen LogP contribution in [-0.4, -0.2) is 6.17 Å². The maximum absolute atomic E-state index is 13.4. The van der Waals surface area contributed by atoms with Crippen LogP contribution in [0.1, 0.15) is 94.6 Å². The Morgan fingerprint density at radius 1 is 0.679 bits per heavy atom. The molecule has 1 heteroatoms. The molecule has 152 valence electrons. The molecule has 1 aliphatic rings. The van der Waals surface area contributed by atoms with Gasteiger partial charge in [0, 0.05) is 0 Å². The number of rotatable bonds is 10. The van der Waals surface area contributed by atoms with Gasteiger partial charge in [-0.1, -0.05) is 94.0 Å². The molecular weight excluding hydrogens is 343 g/mol. The molecule has 0 aromatic heterocycles. The van der Waals surface area contributed by atoms with Gasteiger partial charge in [-0.2, -0.15) is 0 Å². The molecule has 0 aliphatic heterocycles. The fourth-order valence-corrected chi connectivity index (χ4v) is 4.48. The van der Waals surface area contributed by atoms with Crippen LogP contribution in [0.2, 0.25) is 0 Å². The van der Waals surface area contributed by atoms with Crippen molar-refractivity contribution in [1.29, 1.82) is 0 Å². The molecule has 0 saturated heterocycles. The standard InChI is InChI=1S/C27H37F/c1-2-3-4-5-6-7-8-9-22-10-12-23(13-11-22)24-14-16-25(17-15-24)26-18-20-27(28)21-19-26/h10-17,26-27H,2-9,18-21H2,1H3. The zero-order valence-corrected chi connectivity index (χ0v) is 17.6. The van der Waals surface area contributed by atoms with Crippen LogP contribution in [0.3, 0.4) is 0 Å². The van der Waals surface area contributed by atoms with E-state index in [0.29, 0.717) is 5.92 Å². The van der Waals surface area contributed by atoms with Crippen molar-refractivity contribution in [2.45, 2.75) is 96.1 Å². The minimum Gasteiger partial charge on any atom is -0.247 e. The van der Waals surface area contributed by atoms with E-state index in [-0.39, 0.29) is 0 Å². The van der Waals surface area contributed by atoms with E-state index in [0.717, 1.165) is 25.7 Å². The lowest BCUT2D eigenvalue weighted by atomic mass is 9.83. The van der Waals surface area contributed by atoms with Gasteiger partial charge < -0.3 is 0 Å². The first kappa shape index (κ1) is 21.1. The van der Waals surface area contributed by atoms with Gasteiger partial charge in [-0.25, -0.2) is 4.39 Å². The molecule has 0 radical (unpaired) electrons. The zero-order chi connectivity index (χ0) is 19.6. The van der Waals surface area contributed by atoms with E-state index in [1.54, 1.807) is 0 Å². The van der Waals surface area contributed by atoms with Gasteiger partial charge in [-0.15, -0.1) is 0 Å². The molecule has 2 aromatic rings. The van der Waals surface area contributed by atoms with Gasteiger partial charge in [-0.3, -0.25) is 0 Å². The first-order valence-corrected chi connectivity index (χ1v) is 11.6. The van der Waals surface area contributed by atoms with Crippen LogP contribution < -0.4 is 0 Å². The first-order valence-electron chi connectivity index (χ1n) is 11.6. The number of hydrogen-bond acceptors (Lipinski definition) is 0. The molecule has 0 atom stereocenters. The smallest absolute Gasteiger partial charge is 0.100 e. The summed E-state index contributed by atoms with van der Waals surface area (Å²) in [5, 5.41) is 0. The molecule has 0 N–H and O–H groups in total. The highest BCUT2D eigenvalue weighted by atomic mass is 19.1. The third kappa shape index (κ3) is 6.47. The van der Waals surface area contributed by atoms with Crippen molar-refractivity contribution in [2.24, 2.45) is 0 Å². The lowest BCUT2D eigenvalue weighted by molar-refractivity contribution is 0.235. The van der Waals surface area contributed by atoms with E-state index in [1.165, 1.54) is 73.6 Å². The molecule has 0 heterocycles. The molecule has 0 bridgehead atoms. The highest BCUT2D eigenvalue weighted by Gasteiger charge is 2.21. The van der Waals surface area contributed by atoms with Crippen LogP contribution in [0.5, 0.6) is 0 Å². The molecular formula is C27H37F. The molecule has 2 aromatic carbocycles. The minimum absolute atomic E-state index is 0.547. The molecule has 3 rings (SSSR count). The summed E-state index contributed by atoms with van der Waals surface area (Å²) < 4.78 is 13.4. The van der Waals surface area contributed by atoms with Gasteiger partial charge in [0.05, 0.1) is 0 Å². The normalized spacial score (nSPS) is 19.6. The van der Waals surface area contributed by atoms with Crippen molar-refractivity contribution in [3.05, 3.63) is 59.7 Å². The number of halogens is 1. The Hall–Kier alpha value is -1.63. The molecule has 0 amide bonds. The lowest BCUT2D eigenvalue weighted by Crippen LogP contribution is -2.13. The van der Waals surface area contributed by atoms with Crippen molar-refractivity contribution in [3.63, 3.8) is 0 Å². The summed E-state index contributed by atoms with van der Waals surface area (Å²) in [6.45, 7) is 2.27. The molecule has 28 heavy (non-hydrogen) atoms. The van der Waals surface area contributed by atoms with Crippen LogP contribution in [-0.2, 0) is 6.42 Å². The predicted octanol–water partition coefficient (Wildman–Crippen LogP) is 8.64. The maximum Gasteiger partial charge on any atom is 0.100 e. The van der Waals surface area contributed by atoms with E-state index >= 15 is 0 Å². The maximum atomic E-state index is 13.4. The van der Waals surface area contributed by atoms with Gasteiger partial charge in [0.25, 0.3) is 0 Å². The lowest BCUT2D eigenvalue weighted by Gasteiger charge is -2.24. The van der Waals surface area contributed by atoms with E-state index in [2.05, 4.69) is 55.5 Å². The fraction of sp³-hybridized carbons (Fsp3) is 0.556. The van der Waals surface area contributed by atoms with Gasteiger partial charge in [0.15, 0.2) is 0 Å². The average molecular weight is 381 g/mol. The molecule has 0 nitrogen and oxygen atoms in total. The summed E-state index contributed by atoms with van der Waals surface area (Å²) in [6.07, 6.45) is 13.6. The van der Waals surface area contributed by atoms with Crippen molar-refractivity contribution in [3.8, 4) is 11.1 Å². The van der Waals surface area contributed by atoms with Crippen molar-refractivity contribution >= 4 is 0 Å². The molecule has 0 unspecified atom stereocenters. The molecule has 1 fully saturated rings. The topological polar surface area (TPSA) is 0 Å². The molecule has 0 spiro atoms. The second-order valence-electron chi connectivity index (χ2n) is 8.64. The number of hydrogen-bond donors (Lipinski definition) is 0. The SMILES string of the molecule is CCCCCCCCCc1ccc(-c2ccc(C3CCC(F)CC3)cc2)cc1. The van der Waals surface area contributed by atoms with E-state index < -0.39 is 6.17 Å². The summed E-state index contributed by atoms with van der Waals surface area (Å²) in [7, 11) is 0. The van der Waals surface area contributed by atoms with E-state index in [9.17, 15) is 4.39 Å². The van der Waals surface area contributed by atoms with Gasteiger partial charge >= 0.3 is 0 Å². The van der Waals surface area contributed by atoms with Gasteiger partial charge in [0.2, 0.25) is 0 Å². The summed E-state index contributed by atoms with van der Waals surface area (Å²) in [5.41, 5.74) is 5.41. The Kier molecular flexibility index (Phi) is 8.58. The zero-order valence-electron chi connectivity index (χ0n) is 17.6. The second kappa shape index (κ2) is 11.4. The quantitative estimate of drug-likeness (QED) is 0.362. The third-order valence-electron chi connectivity index (χ3n) is 6.40. The van der Waals surface area contributed by atoms with Gasteiger partial charge in [-0.05, 0) is 66.7 Å². The Balaban J connectivity index is 1.45. The van der Waals surface area contributed by atoms with E-state index in [4.69, 9.17) is 0 Å². The third-order valence-corrected chi connectivity index (χ3v) is 6.40. The Labute approximate surface area is 171 Å². The Morgan fingerprint density at radius 3 is 1.82 bits per heavy atom. The van der Waals surface area contributed by atoms with Gasteiger partial charge in [0.1, 0.15) is 6.17 Å². The van der Waals surface area contributed by atoms with Crippen molar-refractivity contribution in [1.82, 2.24) is 0 Å². The monoisotopic (exact) mass is 380 g/mol. The minimum atomic E-state index is -0.574. The number of benzene rings is 2. The number of aryl methyl sites for hydroxylation is 1. The molecule has 1 aliphatic carbocycles. The first-order chi connectivity index (χ1) is 13.8. The molecule has 1 saturated carbocycles. The van der Waals surface area contributed by atoms with Crippen LogP contribution in [0.4, 0.5) is 4.39 Å². The van der Waals surface area contributed by atoms with E-state index in [1.807, 2.05) is 0 Å². The summed E-state index contributed by atoms with van der Waals surface area (Å²) in [5.74, 6) is 0.547. The second-order valence-corrected chi connectivity index (χ2v) is 8.64. The summed E-state index contributed by atoms with van der Waals surface area (Å²) in [4.78, 5) is 0. The largest absolute Gasteiger partial charge is 0.247 e. The number of unbranched alkanes of at least 4 members (excludes halogenated alkanes) is 6. The average Bonchev–Trinajstić information content (AvgIpc) is 2.74. The summed E-state index contributed by atoms with van der Waals surface area (Å²) in [6, 6.07) is 18.1. The van der Waals surface area contributed by atoms with Crippen LogP contribution >= 0.6 is 0 Å². The fourth-order valence-electron chi connectivity index (χ4n) is 4.48. The van der Waals surface area contributed by atoms with Crippen LogP contribution in [0.15, 0.2) is 48.5 Å². The van der Waals surface area contributed by atoms with Crippen LogP contribution in [0.25, 0.3) is 11.1 Å². The van der Waals surface area contributed by atoms with Crippen molar-refractivity contribution < 1.29 is 4.39 Å². The number of alkyl halides is 1. The highest BCUT2D eigenvalue weighted by molar-refractivity contribution is 5.64. The van der Waals surface area contributed by atoms with Crippen LogP contribution in [0, 0.1) is 0 Å². The summed E-state index contributed by atoms with van der Waals surface area (Å²) >= 11 is 0.